The zero-order valence-corrected chi connectivity index (χ0v) is 8.89. The average Bonchev–Trinajstić information content (AvgIpc) is 2.71. The number of aromatic nitrogens is 1. The fraction of sp³-hybridized carbons (Fsp3) is 0.400. The minimum atomic E-state index is 0.00743. The molecule has 2 heterocycles. The second-order valence-electron chi connectivity index (χ2n) is 3.78. The molecule has 5 N–H and O–H groups in total. The molecule has 0 aromatic carbocycles. The Hall–Kier alpha value is -1.98. The number of rotatable bonds is 3. The van der Waals surface area contributed by atoms with Gasteiger partial charge in [-0.3, -0.25) is 4.79 Å². The van der Waals surface area contributed by atoms with Crippen LogP contribution < -0.4 is 21.7 Å². The number of carbonyl (C=O) groups excluding carboxylic acids is 1. The predicted molar refractivity (Wildman–Crippen MR) is 62.6 cm³/mol. The van der Waals surface area contributed by atoms with E-state index in [1.807, 2.05) is 11.0 Å². The first-order valence-electron chi connectivity index (χ1n) is 5.20. The molecule has 1 aromatic heterocycles. The fourth-order valence-electron chi connectivity index (χ4n) is 1.93. The van der Waals surface area contributed by atoms with Crippen LogP contribution in [-0.4, -0.2) is 24.1 Å². The number of nitrogens with two attached hydrogens (primary N) is 2. The Balaban J connectivity index is 2.22. The molecule has 0 radical (unpaired) electrons. The number of hydrogen-bond acceptors (Lipinski definition) is 5. The van der Waals surface area contributed by atoms with Crippen LogP contribution in [0.3, 0.4) is 0 Å². The summed E-state index contributed by atoms with van der Waals surface area (Å²) in [6.45, 7) is 0.863. The van der Waals surface area contributed by atoms with E-state index < -0.39 is 0 Å². The standard InChI is InChI=1S/C10H15N5O/c11-7-3-4-9(14-10(7)12)15-5-1-2-8(15)13-6-16/h3-4,6,8H,1-2,5,11H2,(H2,12,14)(H,13,16). The summed E-state index contributed by atoms with van der Waals surface area (Å²) >= 11 is 0. The molecule has 1 aliphatic rings. The van der Waals surface area contributed by atoms with Gasteiger partial charge in [0.2, 0.25) is 6.41 Å². The predicted octanol–water partition coefficient (Wildman–Crippen LogP) is -0.0817. The molecular formula is C10H15N5O. The largest absolute Gasteiger partial charge is 0.396 e. The summed E-state index contributed by atoms with van der Waals surface area (Å²) in [6, 6.07) is 3.55. The van der Waals surface area contributed by atoms with Gasteiger partial charge in [-0.05, 0) is 25.0 Å². The van der Waals surface area contributed by atoms with Crippen molar-refractivity contribution in [1.82, 2.24) is 10.3 Å². The highest BCUT2D eigenvalue weighted by Gasteiger charge is 2.25. The van der Waals surface area contributed by atoms with Crippen LogP contribution in [0, 0.1) is 0 Å². The molecule has 0 spiro atoms. The van der Waals surface area contributed by atoms with Crippen molar-refractivity contribution in [2.45, 2.75) is 19.0 Å². The average molecular weight is 221 g/mol. The summed E-state index contributed by atoms with van der Waals surface area (Å²) < 4.78 is 0. The summed E-state index contributed by atoms with van der Waals surface area (Å²) in [5.41, 5.74) is 11.7. The molecule has 0 saturated carbocycles. The zero-order valence-electron chi connectivity index (χ0n) is 8.89. The van der Waals surface area contributed by atoms with Crippen molar-refractivity contribution in [3.8, 4) is 0 Å². The minimum Gasteiger partial charge on any atom is -0.396 e. The molecule has 16 heavy (non-hydrogen) atoms. The van der Waals surface area contributed by atoms with Crippen molar-refractivity contribution in [3.05, 3.63) is 12.1 Å². The maximum absolute atomic E-state index is 10.5. The summed E-state index contributed by atoms with van der Waals surface area (Å²) in [5, 5.41) is 2.76. The lowest BCUT2D eigenvalue weighted by atomic mass is 10.3. The number of pyridine rings is 1. The maximum atomic E-state index is 10.5. The van der Waals surface area contributed by atoms with Crippen molar-refractivity contribution in [2.75, 3.05) is 22.9 Å². The molecule has 1 atom stereocenters. The molecule has 1 amide bonds. The molecule has 1 aromatic rings. The molecule has 1 saturated heterocycles. The van der Waals surface area contributed by atoms with E-state index in [9.17, 15) is 4.79 Å². The Labute approximate surface area is 93.6 Å². The number of amides is 1. The van der Waals surface area contributed by atoms with Crippen LogP contribution in [0.4, 0.5) is 17.3 Å². The van der Waals surface area contributed by atoms with Crippen LogP contribution in [0.15, 0.2) is 12.1 Å². The summed E-state index contributed by atoms with van der Waals surface area (Å²) in [4.78, 5) is 16.7. The summed E-state index contributed by atoms with van der Waals surface area (Å²) in [5.74, 6) is 1.08. The van der Waals surface area contributed by atoms with Gasteiger partial charge in [0.25, 0.3) is 0 Å². The fourth-order valence-corrected chi connectivity index (χ4v) is 1.93. The third-order valence-corrected chi connectivity index (χ3v) is 2.75. The highest BCUT2D eigenvalue weighted by Crippen LogP contribution is 2.24. The zero-order chi connectivity index (χ0) is 11.5. The summed E-state index contributed by atoms with van der Waals surface area (Å²) in [7, 11) is 0. The van der Waals surface area contributed by atoms with Crippen molar-refractivity contribution in [1.29, 1.82) is 0 Å². The van der Waals surface area contributed by atoms with Gasteiger partial charge in [0, 0.05) is 6.54 Å². The van der Waals surface area contributed by atoms with Gasteiger partial charge >= 0.3 is 0 Å². The molecule has 1 aliphatic heterocycles. The molecule has 86 valence electrons. The van der Waals surface area contributed by atoms with E-state index in [1.54, 1.807) is 6.07 Å². The van der Waals surface area contributed by atoms with E-state index in [0.29, 0.717) is 17.9 Å². The third kappa shape index (κ3) is 1.86. The third-order valence-electron chi connectivity index (χ3n) is 2.75. The van der Waals surface area contributed by atoms with E-state index in [-0.39, 0.29) is 6.17 Å². The number of anilines is 3. The van der Waals surface area contributed by atoms with Crippen molar-refractivity contribution in [2.24, 2.45) is 0 Å². The normalized spacial score (nSPS) is 19.8. The summed E-state index contributed by atoms with van der Waals surface area (Å²) in [6.07, 6.45) is 2.67. The van der Waals surface area contributed by atoms with Gasteiger partial charge in [0.1, 0.15) is 17.8 Å². The lowest BCUT2D eigenvalue weighted by Gasteiger charge is -2.25. The number of nitrogens with one attached hydrogen (secondary N) is 1. The van der Waals surface area contributed by atoms with Gasteiger partial charge in [0.05, 0.1) is 5.69 Å². The highest BCUT2D eigenvalue weighted by atomic mass is 16.1. The monoisotopic (exact) mass is 221 g/mol. The smallest absolute Gasteiger partial charge is 0.208 e. The molecule has 0 aliphatic carbocycles. The molecule has 2 rings (SSSR count). The van der Waals surface area contributed by atoms with Crippen LogP contribution in [0.5, 0.6) is 0 Å². The van der Waals surface area contributed by atoms with Crippen LogP contribution in [0.2, 0.25) is 0 Å². The van der Waals surface area contributed by atoms with Gasteiger partial charge in [-0.1, -0.05) is 0 Å². The number of nitrogens with zero attached hydrogens (tertiary/aromatic N) is 2. The van der Waals surface area contributed by atoms with E-state index in [4.69, 9.17) is 11.5 Å². The molecule has 1 fully saturated rings. The van der Waals surface area contributed by atoms with Crippen molar-refractivity contribution in [3.63, 3.8) is 0 Å². The van der Waals surface area contributed by atoms with Crippen LogP contribution in [0.1, 0.15) is 12.8 Å². The van der Waals surface area contributed by atoms with Crippen LogP contribution in [0.25, 0.3) is 0 Å². The first-order valence-corrected chi connectivity index (χ1v) is 5.20. The highest BCUT2D eigenvalue weighted by molar-refractivity contribution is 5.62. The maximum Gasteiger partial charge on any atom is 0.208 e. The van der Waals surface area contributed by atoms with Gasteiger partial charge in [-0.2, -0.15) is 0 Å². The van der Waals surface area contributed by atoms with Gasteiger partial charge in [-0.15, -0.1) is 0 Å². The molecule has 6 heteroatoms. The van der Waals surface area contributed by atoms with Crippen LogP contribution >= 0.6 is 0 Å². The van der Waals surface area contributed by atoms with E-state index >= 15 is 0 Å². The second kappa shape index (κ2) is 4.26. The number of nitrogen functional groups attached to an aromatic ring is 2. The first-order chi connectivity index (χ1) is 7.72. The van der Waals surface area contributed by atoms with Crippen molar-refractivity contribution >= 4 is 23.7 Å². The Morgan fingerprint density at radius 3 is 3.00 bits per heavy atom. The molecule has 1 unspecified atom stereocenters. The Kier molecular flexibility index (Phi) is 2.80. The number of carbonyl (C=O) groups is 1. The lowest BCUT2D eigenvalue weighted by molar-refractivity contribution is -0.110. The molecule has 0 bridgehead atoms. The van der Waals surface area contributed by atoms with Gasteiger partial charge in [0.15, 0.2) is 0 Å². The molecule has 6 nitrogen and oxygen atoms in total. The number of hydrogen-bond donors (Lipinski definition) is 3. The topological polar surface area (TPSA) is 97.3 Å². The van der Waals surface area contributed by atoms with E-state index in [0.717, 1.165) is 25.2 Å². The van der Waals surface area contributed by atoms with Gasteiger partial charge < -0.3 is 21.7 Å². The Morgan fingerprint density at radius 1 is 1.50 bits per heavy atom. The van der Waals surface area contributed by atoms with Crippen molar-refractivity contribution < 1.29 is 4.79 Å². The van der Waals surface area contributed by atoms with Crippen LogP contribution in [-0.2, 0) is 4.79 Å². The Bertz CT molecular complexity index is 395. The molecular weight excluding hydrogens is 206 g/mol. The Morgan fingerprint density at radius 2 is 2.31 bits per heavy atom. The lowest BCUT2D eigenvalue weighted by Crippen LogP contribution is -2.41. The first kappa shape index (κ1) is 10.5. The minimum absolute atomic E-state index is 0.00743. The van der Waals surface area contributed by atoms with Gasteiger partial charge in [-0.25, -0.2) is 4.98 Å². The van der Waals surface area contributed by atoms with E-state index in [2.05, 4.69) is 10.3 Å². The SMILES string of the molecule is Nc1ccc(N2CCCC2NC=O)nc1N. The van der Waals surface area contributed by atoms with E-state index in [1.165, 1.54) is 0 Å². The second-order valence-corrected chi connectivity index (χ2v) is 3.78. The quantitative estimate of drug-likeness (QED) is 0.620.